The van der Waals surface area contributed by atoms with E-state index in [9.17, 15) is 21.2 Å². The van der Waals surface area contributed by atoms with Crippen LogP contribution in [-0.2, 0) is 20.0 Å². The molecule has 1 N–H and O–H groups in total. The fourth-order valence-electron chi connectivity index (χ4n) is 3.65. The van der Waals surface area contributed by atoms with Crippen LogP contribution in [0.15, 0.2) is 82.8 Å². The van der Waals surface area contributed by atoms with Crippen LogP contribution < -0.4 is 9.46 Å². The van der Waals surface area contributed by atoms with Crippen LogP contribution in [0.2, 0.25) is 0 Å². The Hall–Kier alpha value is -3.44. The fraction of sp³-hybridized carbons (Fsp3) is 0.174. The summed E-state index contributed by atoms with van der Waals surface area (Å²) in [4.78, 5) is 0.0207. The zero-order valence-electron chi connectivity index (χ0n) is 18.3. The van der Waals surface area contributed by atoms with Gasteiger partial charge in [0.15, 0.2) is 0 Å². The van der Waals surface area contributed by atoms with Gasteiger partial charge >= 0.3 is 0 Å². The molecule has 0 amide bonds. The van der Waals surface area contributed by atoms with Crippen molar-refractivity contribution in [3.05, 3.63) is 89.7 Å². The Balaban J connectivity index is 1.73. The molecule has 0 unspecified atom stereocenters. The van der Waals surface area contributed by atoms with Crippen molar-refractivity contribution < 1.29 is 26.0 Å². The van der Waals surface area contributed by atoms with Gasteiger partial charge in [-0.3, -0.25) is 4.72 Å². The first-order chi connectivity index (χ1) is 16.1. The largest absolute Gasteiger partial charge is 0.497 e. The van der Waals surface area contributed by atoms with Crippen LogP contribution >= 0.6 is 0 Å². The summed E-state index contributed by atoms with van der Waals surface area (Å²) in [6, 6.07) is 17.4. The Morgan fingerprint density at radius 3 is 2.26 bits per heavy atom. The van der Waals surface area contributed by atoms with Gasteiger partial charge in [-0.25, -0.2) is 12.8 Å². The quantitative estimate of drug-likeness (QED) is 0.529. The standard InChI is InChI=1S/C23H22FN3O5S2/c1-32-20-10-12-21(13-11-20)34(30,31)27-23(17-4-3-5-18(24)14-17)15-22(25-27)16-6-8-19(9-7-16)26-33(2,28)29/h3-14,23,26H,15H2,1-2H3/t23-/m1/s1. The number of sulfonamides is 2. The molecular weight excluding hydrogens is 481 g/mol. The van der Waals surface area contributed by atoms with Gasteiger partial charge in [-0.05, 0) is 59.7 Å². The van der Waals surface area contributed by atoms with Gasteiger partial charge in [0.1, 0.15) is 11.6 Å². The van der Waals surface area contributed by atoms with Crippen LogP contribution in [0.1, 0.15) is 23.6 Å². The fourth-order valence-corrected chi connectivity index (χ4v) is 5.64. The van der Waals surface area contributed by atoms with Crippen LogP contribution in [0.25, 0.3) is 0 Å². The molecule has 11 heteroatoms. The van der Waals surface area contributed by atoms with Crippen molar-refractivity contribution in [2.75, 3.05) is 18.1 Å². The second-order valence-corrected chi connectivity index (χ2v) is 11.3. The van der Waals surface area contributed by atoms with Gasteiger partial charge < -0.3 is 4.74 Å². The SMILES string of the molecule is COc1ccc(S(=O)(=O)N2N=C(c3ccc(NS(C)(=O)=O)cc3)C[C@@H]2c2cccc(F)c2)cc1. The molecule has 0 radical (unpaired) electrons. The van der Waals surface area contributed by atoms with E-state index in [-0.39, 0.29) is 11.3 Å². The van der Waals surface area contributed by atoms with E-state index in [0.29, 0.717) is 28.3 Å². The molecule has 3 aromatic carbocycles. The Morgan fingerprint density at radius 2 is 1.68 bits per heavy atom. The molecule has 1 aliphatic heterocycles. The van der Waals surface area contributed by atoms with Crippen molar-refractivity contribution in [3.8, 4) is 5.75 Å². The lowest BCUT2D eigenvalue weighted by Gasteiger charge is -2.23. The molecule has 34 heavy (non-hydrogen) atoms. The highest BCUT2D eigenvalue weighted by molar-refractivity contribution is 7.92. The van der Waals surface area contributed by atoms with Gasteiger partial charge in [0.05, 0.1) is 30.0 Å². The number of nitrogens with one attached hydrogen (secondary N) is 1. The molecule has 0 bridgehead atoms. The van der Waals surface area contributed by atoms with Crippen LogP contribution in [-0.4, -0.2) is 40.3 Å². The maximum absolute atomic E-state index is 14.0. The van der Waals surface area contributed by atoms with Crippen LogP contribution in [0, 0.1) is 5.82 Å². The number of nitrogens with zero attached hydrogens (tertiary/aromatic N) is 2. The first-order valence-corrected chi connectivity index (χ1v) is 13.5. The molecule has 3 aromatic rings. The van der Waals surface area contributed by atoms with Gasteiger partial charge in [0.25, 0.3) is 10.0 Å². The van der Waals surface area contributed by atoms with Crippen molar-refractivity contribution in [2.24, 2.45) is 5.10 Å². The zero-order chi connectivity index (χ0) is 24.5. The minimum atomic E-state index is -4.07. The van der Waals surface area contributed by atoms with E-state index in [4.69, 9.17) is 4.74 Å². The van der Waals surface area contributed by atoms with Crippen LogP contribution in [0.4, 0.5) is 10.1 Å². The highest BCUT2D eigenvalue weighted by Gasteiger charge is 2.38. The Labute approximate surface area is 197 Å². The van der Waals surface area contributed by atoms with E-state index in [1.807, 2.05) is 0 Å². The van der Waals surface area contributed by atoms with Crippen molar-refractivity contribution in [1.29, 1.82) is 0 Å². The summed E-state index contributed by atoms with van der Waals surface area (Å²) in [6.45, 7) is 0. The van der Waals surface area contributed by atoms with Gasteiger partial charge in [0.2, 0.25) is 10.0 Å². The Morgan fingerprint density at radius 1 is 1.00 bits per heavy atom. The zero-order valence-corrected chi connectivity index (χ0v) is 20.0. The third-order valence-electron chi connectivity index (χ3n) is 5.23. The second-order valence-electron chi connectivity index (χ2n) is 7.73. The first-order valence-electron chi connectivity index (χ1n) is 10.2. The third-order valence-corrected chi connectivity index (χ3v) is 7.53. The number of anilines is 1. The van der Waals surface area contributed by atoms with Crippen LogP contribution in [0.3, 0.4) is 0 Å². The number of benzene rings is 3. The average molecular weight is 504 g/mol. The van der Waals surface area contributed by atoms with Gasteiger partial charge in [-0.2, -0.15) is 17.9 Å². The van der Waals surface area contributed by atoms with Gasteiger partial charge in [-0.15, -0.1) is 0 Å². The molecule has 0 saturated carbocycles. The third kappa shape index (κ3) is 5.05. The maximum Gasteiger partial charge on any atom is 0.279 e. The van der Waals surface area contributed by atoms with E-state index >= 15 is 0 Å². The number of hydrogen-bond donors (Lipinski definition) is 1. The topological polar surface area (TPSA) is 105 Å². The lowest BCUT2D eigenvalue weighted by atomic mass is 9.99. The molecule has 0 fully saturated rings. The predicted molar refractivity (Wildman–Crippen MR) is 127 cm³/mol. The summed E-state index contributed by atoms with van der Waals surface area (Å²) >= 11 is 0. The number of methoxy groups -OCH3 is 1. The van der Waals surface area contributed by atoms with E-state index < -0.39 is 31.9 Å². The molecule has 1 atom stereocenters. The lowest BCUT2D eigenvalue weighted by Crippen LogP contribution is -2.27. The summed E-state index contributed by atoms with van der Waals surface area (Å²) in [6.07, 6.45) is 1.26. The smallest absolute Gasteiger partial charge is 0.279 e. The Kier molecular flexibility index (Phi) is 6.32. The predicted octanol–water partition coefficient (Wildman–Crippen LogP) is 3.75. The van der Waals surface area contributed by atoms with Crippen molar-refractivity contribution in [2.45, 2.75) is 17.4 Å². The summed E-state index contributed by atoms with van der Waals surface area (Å²) < 4.78 is 72.4. The summed E-state index contributed by atoms with van der Waals surface area (Å²) in [5.41, 5.74) is 1.92. The molecule has 0 aromatic heterocycles. The molecule has 1 aliphatic rings. The van der Waals surface area contributed by atoms with Crippen LogP contribution in [0.5, 0.6) is 5.75 Å². The molecule has 0 spiro atoms. The monoisotopic (exact) mass is 503 g/mol. The molecule has 4 rings (SSSR count). The molecule has 0 aliphatic carbocycles. The number of rotatable bonds is 7. The molecule has 0 saturated heterocycles. The van der Waals surface area contributed by atoms with E-state index in [0.717, 1.165) is 10.7 Å². The summed E-state index contributed by atoms with van der Waals surface area (Å²) in [5, 5.41) is 4.41. The number of ether oxygens (including phenoxy) is 1. The van der Waals surface area contributed by atoms with Crippen molar-refractivity contribution in [3.63, 3.8) is 0 Å². The number of halogens is 1. The minimum absolute atomic E-state index is 0.0207. The summed E-state index contributed by atoms with van der Waals surface area (Å²) in [5.74, 6) is 0.0259. The molecule has 8 nitrogen and oxygen atoms in total. The minimum Gasteiger partial charge on any atom is -0.497 e. The lowest BCUT2D eigenvalue weighted by molar-refractivity contribution is 0.370. The number of hydrazone groups is 1. The first kappa shape index (κ1) is 23.7. The van der Waals surface area contributed by atoms with Gasteiger partial charge in [-0.1, -0.05) is 24.3 Å². The van der Waals surface area contributed by atoms with E-state index in [1.165, 1.54) is 49.6 Å². The molecular formula is C23H22FN3O5S2. The normalized spacial score (nSPS) is 16.3. The number of hydrogen-bond acceptors (Lipinski definition) is 6. The highest BCUT2D eigenvalue weighted by Crippen LogP contribution is 2.37. The second kappa shape index (κ2) is 9.07. The molecule has 1 heterocycles. The van der Waals surface area contributed by atoms with Gasteiger partial charge in [0, 0.05) is 12.1 Å². The summed E-state index contributed by atoms with van der Waals surface area (Å²) in [7, 11) is -6.02. The maximum atomic E-state index is 14.0. The average Bonchev–Trinajstić information content (AvgIpc) is 3.25. The molecule has 178 valence electrons. The van der Waals surface area contributed by atoms with E-state index in [1.54, 1.807) is 30.3 Å². The van der Waals surface area contributed by atoms with Crippen molar-refractivity contribution in [1.82, 2.24) is 4.41 Å². The van der Waals surface area contributed by atoms with E-state index in [2.05, 4.69) is 9.82 Å². The Bertz CT molecular complexity index is 1440. The highest BCUT2D eigenvalue weighted by atomic mass is 32.2. The van der Waals surface area contributed by atoms with Crippen molar-refractivity contribution >= 4 is 31.4 Å².